The first kappa shape index (κ1) is 19.6. The van der Waals surface area contributed by atoms with E-state index in [2.05, 4.69) is 15.5 Å². The number of carbonyl (C=O) groups is 2. The van der Waals surface area contributed by atoms with Gasteiger partial charge in [0, 0.05) is 0 Å². The molecule has 0 aromatic heterocycles. The summed E-state index contributed by atoms with van der Waals surface area (Å²) in [5.74, 6) is -0.241. The zero-order valence-electron chi connectivity index (χ0n) is 14.8. The molecule has 9 heteroatoms. The van der Waals surface area contributed by atoms with Crippen molar-refractivity contribution in [3.8, 4) is 11.5 Å². The SMILES string of the molecule is CCOc1cc(/C=N\N=C2NC(=O)CS2)ccc1OC(=O)c1ccc(F)cc1. The lowest BCUT2D eigenvalue weighted by Crippen LogP contribution is -2.19. The van der Waals surface area contributed by atoms with Crippen LogP contribution in [0.5, 0.6) is 11.5 Å². The number of nitrogens with zero attached hydrogens (tertiary/aromatic N) is 2. The second-order valence-corrected chi connectivity index (χ2v) is 6.49. The van der Waals surface area contributed by atoms with Crippen LogP contribution < -0.4 is 14.8 Å². The summed E-state index contributed by atoms with van der Waals surface area (Å²) in [6, 6.07) is 9.97. The van der Waals surface area contributed by atoms with Crippen molar-refractivity contribution in [3.63, 3.8) is 0 Å². The molecule has 0 unspecified atom stereocenters. The molecule has 1 fully saturated rings. The monoisotopic (exact) mass is 401 g/mol. The van der Waals surface area contributed by atoms with Gasteiger partial charge in [-0.3, -0.25) is 4.79 Å². The Balaban J connectivity index is 1.74. The molecule has 1 saturated heterocycles. The zero-order chi connectivity index (χ0) is 19.9. The summed E-state index contributed by atoms with van der Waals surface area (Å²) in [4.78, 5) is 23.3. The van der Waals surface area contributed by atoms with Crippen molar-refractivity contribution >= 4 is 35.0 Å². The summed E-state index contributed by atoms with van der Waals surface area (Å²) in [6.45, 7) is 2.17. The Morgan fingerprint density at radius 1 is 1.25 bits per heavy atom. The predicted molar refractivity (Wildman–Crippen MR) is 105 cm³/mol. The lowest BCUT2D eigenvalue weighted by atomic mass is 10.2. The average Bonchev–Trinajstić information content (AvgIpc) is 3.09. The Morgan fingerprint density at radius 3 is 2.71 bits per heavy atom. The molecule has 1 aliphatic rings. The van der Waals surface area contributed by atoms with E-state index in [0.717, 1.165) is 0 Å². The van der Waals surface area contributed by atoms with Gasteiger partial charge in [0.2, 0.25) is 5.91 Å². The third-order valence-corrected chi connectivity index (χ3v) is 4.36. The van der Waals surface area contributed by atoms with E-state index < -0.39 is 11.8 Å². The van der Waals surface area contributed by atoms with E-state index >= 15 is 0 Å². The molecule has 0 saturated carbocycles. The summed E-state index contributed by atoms with van der Waals surface area (Å²) in [7, 11) is 0. The maximum atomic E-state index is 13.0. The third-order valence-electron chi connectivity index (χ3n) is 3.49. The molecule has 28 heavy (non-hydrogen) atoms. The molecule has 1 N–H and O–H groups in total. The zero-order valence-corrected chi connectivity index (χ0v) is 15.7. The molecule has 1 aliphatic heterocycles. The van der Waals surface area contributed by atoms with Crippen molar-refractivity contribution in [2.75, 3.05) is 12.4 Å². The van der Waals surface area contributed by atoms with Gasteiger partial charge in [-0.05, 0) is 55.0 Å². The van der Waals surface area contributed by atoms with Crippen molar-refractivity contribution in [3.05, 3.63) is 59.4 Å². The number of halogens is 1. The summed E-state index contributed by atoms with van der Waals surface area (Å²) in [5.41, 5.74) is 0.894. The van der Waals surface area contributed by atoms with Gasteiger partial charge >= 0.3 is 5.97 Å². The fourth-order valence-electron chi connectivity index (χ4n) is 2.23. The number of thioether (sulfide) groups is 1. The summed E-state index contributed by atoms with van der Waals surface area (Å²) >= 11 is 1.27. The van der Waals surface area contributed by atoms with Gasteiger partial charge in [-0.15, -0.1) is 5.10 Å². The summed E-state index contributed by atoms with van der Waals surface area (Å²) in [5, 5.41) is 10.9. The van der Waals surface area contributed by atoms with Gasteiger partial charge in [0.15, 0.2) is 16.7 Å². The van der Waals surface area contributed by atoms with Crippen LogP contribution in [0.2, 0.25) is 0 Å². The van der Waals surface area contributed by atoms with Gasteiger partial charge in [0.1, 0.15) is 5.82 Å². The minimum absolute atomic E-state index is 0.107. The van der Waals surface area contributed by atoms with Crippen LogP contribution in [0, 0.1) is 5.82 Å². The first-order valence-corrected chi connectivity index (χ1v) is 9.32. The van der Waals surface area contributed by atoms with Crippen molar-refractivity contribution in [1.82, 2.24) is 5.32 Å². The number of benzene rings is 2. The van der Waals surface area contributed by atoms with Gasteiger partial charge in [0.05, 0.1) is 24.1 Å². The van der Waals surface area contributed by atoms with Gasteiger partial charge in [-0.2, -0.15) is 5.10 Å². The van der Waals surface area contributed by atoms with Crippen LogP contribution in [0.25, 0.3) is 0 Å². The maximum Gasteiger partial charge on any atom is 0.343 e. The normalized spacial score (nSPS) is 15.1. The lowest BCUT2D eigenvalue weighted by Gasteiger charge is -2.11. The highest BCUT2D eigenvalue weighted by Gasteiger charge is 2.16. The van der Waals surface area contributed by atoms with Crippen molar-refractivity contribution < 1.29 is 23.5 Å². The van der Waals surface area contributed by atoms with Crippen LogP contribution in [0.15, 0.2) is 52.7 Å². The quantitative estimate of drug-likeness (QED) is 0.348. The van der Waals surface area contributed by atoms with E-state index in [0.29, 0.717) is 28.8 Å². The minimum Gasteiger partial charge on any atom is -0.490 e. The molecule has 2 aromatic carbocycles. The number of rotatable bonds is 6. The van der Waals surface area contributed by atoms with Gasteiger partial charge in [-0.1, -0.05) is 11.8 Å². The molecule has 2 aromatic rings. The Bertz CT molecular complexity index is 945. The molecular formula is C19H16FN3O4S. The molecule has 0 atom stereocenters. The van der Waals surface area contributed by atoms with Crippen molar-refractivity contribution in [2.45, 2.75) is 6.92 Å². The molecule has 0 spiro atoms. The predicted octanol–water partition coefficient (Wildman–Crippen LogP) is 3.00. The highest BCUT2D eigenvalue weighted by Crippen LogP contribution is 2.29. The van der Waals surface area contributed by atoms with E-state index in [1.807, 2.05) is 0 Å². The smallest absolute Gasteiger partial charge is 0.343 e. The van der Waals surface area contributed by atoms with E-state index in [1.165, 1.54) is 42.2 Å². The molecule has 0 radical (unpaired) electrons. The van der Waals surface area contributed by atoms with Crippen LogP contribution in [0.3, 0.4) is 0 Å². The molecule has 7 nitrogen and oxygen atoms in total. The number of hydrogen-bond donors (Lipinski definition) is 1. The molecular weight excluding hydrogens is 385 g/mol. The van der Waals surface area contributed by atoms with Crippen LogP contribution in [-0.2, 0) is 4.79 Å². The van der Waals surface area contributed by atoms with E-state index in [-0.39, 0.29) is 17.2 Å². The number of nitrogens with one attached hydrogen (secondary N) is 1. The molecule has 0 aliphatic carbocycles. The van der Waals surface area contributed by atoms with Crippen LogP contribution in [0.4, 0.5) is 4.39 Å². The fraction of sp³-hybridized carbons (Fsp3) is 0.158. The fourth-order valence-corrected chi connectivity index (χ4v) is 2.86. The molecule has 1 amide bonds. The largest absolute Gasteiger partial charge is 0.490 e. The lowest BCUT2D eigenvalue weighted by molar-refractivity contribution is -0.116. The second-order valence-electron chi connectivity index (χ2n) is 5.52. The minimum atomic E-state index is -0.622. The molecule has 0 bridgehead atoms. The molecule has 144 valence electrons. The Labute approximate surface area is 164 Å². The van der Waals surface area contributed by atoms with Crippen LogP contribution in [-0.4, -0.2) is 35.6 Å². The highest BCUT2D eigenvalue weighted by atomic mass is 32.2. The number of amides is 1. The summed E-state index contributed by atoms with van der Waals surface area (Å²) in [6.07, 6.45) is 1.49. The maximum absolute atomic E-state index is 13.0. The Morgan fingerprint density at radius 2 is 2.04 bits per heavy atom. The third kappa shape index (κ3) is 5.17. The molecule has 3 rings (SSSR count). The van der Waals surface area contributed by atoms with E-state index in [9.17, 15) is 14.0 Å². The second kappa shape index (κ2) is 9.14. The van der Waals surface area contributed by atoms with Crippen molar-refractivity contribution in [2.24, 2.45) is 10.2 Å². The number of hydrogen-bond acceptors (Lipinski definition) is 7. The standard InChI is InChI=1S/C19H16FN3O4S/c1-2-26-16-9-12(10-21-23-19-22-17(24)11-28-19)3-8-15(16)27-18(25)13-4-6-14(20)7-5-13/h3-10H,2,11H2,1H3,(H,22,23,24)/b21-10-. The van der Waals surface area contributed by atoms with Crippen LogP contribution in [0.1, 0.15) is 22.8 Å². The van der Waals surface area contributed by atoms with Crippen molar-refractivity contribution in [1.29, 1.82) is 0 Å². The Hall–Kier alpha value is -3.20. The Kier molecular flexibility index (Phi) is 6.38. The number of esters is 1. The van der Waals surface area contributed by atoms with Gasteiger partial charge in [0.25, 0.3) is 0 Å². The number of ether oxygens (including phenoxy) is 2. The average molecular weight is 401 g/mol. The van der Waals surface area contributed by atoms with E-state index in [4.69, 9.17) is 9.47 Å². The topological polar surface area (TPSA) is 89.3 Å². The van der Waals surface area contributed by atoms with Crippen LogP contribution >= 0.6 is 11.8 Å². The van der Waals surface area contributed by atoms with Gasteiger partial charge < -0.3 is 14.8 Å². The summed E-state index contributed by atoms with van der Waals surface area (Å²) < 4.78 is 23.9. The first-order valence-electron chi connectivity index (χ1n) is 8.33. The first-order chi connectivity index (χ1) is 13.5. The highest BCUT2D eigenvalue weighted by molar-refractivity contribution is 8.15. The number of carbonyl (C=O) groups excluding carboxylic acids is 2. The number of amidine groups is 1. The molecule has 1 heterocycles. The van der Waals surface area contributed by atoms with Gasteiger partial charge in [-0.25, -0.2) is 9.18 Å². The van der Waals surface area contributed by atoms with E-state index in [1.54, 1.807) is 25.1 Å².